The largest absolute Gasteiger partial charge is 0.481 e. The molecule has 1 amide bonds. The molecule has 1 atom stereocenters. The number of halogens is 2. The van der Waals surface area contributed by atoms with Gasteiger partial charge in [0.2, 0.25) is 0 Å². The van der Waals surface area contributed by atoms with Crippen LogP contribution >= 0.6 is 15.9 Å². The van der Waals surface area contributed by atoms with E-state index in [0.29, 0.717) is 38.2 Å². The Morgan fingerprint density at radius 3 is 2.36 bits per heavy atom. The molecule has 7 heteroatoms. The second-order valence-electron chi connectivity index (χ2n) is 6.84. The van der Waals surface area contributed by atoms with Crippen molar-refractivity contribution in [3.8, 4) is 0 Å². The highest BCUT2D eigenvalue weighted by atomic mass is 79.9. The van der Waals surface area contributed by atoms with Crippen molar-refractivity contribution in [3.63, 3.8) is 0 Å². The number of rotatable bonds is 6. The van der Waals surface area contributed by atoms with Gasteiger partial charge in [0.25, 0.3) is 5.91 Å². The number of carbonyl (C=O) groups excluding carboxylic acids is 1. The Labute approximate surface area is 171 Å². The lowest BCUT2D eigenvalue weighted by molar-refractivity contribution is -0.137. The van der Waals surface area contributed by atoms with E-state index in [0.717, 1.165) is 10.0 Å². The maximum atomic E-state index is 13.3. The smallest absolute Gasteiger partial charge is 0.303 e. The lowest BCUT2D eigenvalue weighted by Gasteiger charge is -2.39. The minimum Gasteiger partial charge on any atom is -0.481 e. The molecule has 1 aliphatic rings. The molecular weight excluding hydrogens is 427 g/mol. The number of hydrogen-bond acceptors (Lipinski definition) is 3. The van der Waals surface area contributed by atoms with Crippen molar-refractivity contribution in [1.29, 1.82) is 0 Å². The number of aliphatic carboxylic acids is 1. The van der Waals surface area contributed by atoms with Gasteiger partial charge in [0, 0.05) is 48.7 Å². The maximum Gasteiger partial charge on any atom is 0.303 e. The fourth-order valence-electron chi connectivity index (χ4n) is 3.55. The van der Waals surface area contributed by atoms with E-state index in [1.165, 1.54) is 12.1 Å². The summed E-state index contributed by atoms with van der Waals surface area (Å²) < 4.78 is 14.1. The number of carbonyl (C=O) groups is 2. The molecule has 1 heterocycles. The van der Waals surface area contributed by atoms with Gasteiger partial charge in [-0.25, -0.2) is 4.39 Å². The first kappa shape index (κ1) is 20.5. The second kappa shape index (κ2) is 9.30. The van der Waals surface area contributed by atoms with Crippen LogP contribution in [-0.4, -0.2) is 53.0 Å². The minimum atomic E-state index is -0.851. The predicted octanol–water partition coefficient (Wildman–Crippen LogP) is 3.95. The highest BCUT2D eigenvalue weighted by Crippen LogP contribution is 2.27. The number of carboxylic acids is 1. The molecule has 1 aliphatic heterocycles. The first-order valence-electron chi connectivity index (χ1n) is 9.20. The van der Waals surface area contributed by atoms with Crippen molar-refractivity contribution in [1.82, 2.24) is 9.80 Å². The molecule has 0 saturated carbocycles. The van der Waals surface area contributed by atoms with Crippen molar-refractivity contribution >= 4 is 27.8 Å². The number of hydrogen-bond donors (Lipinski definition) is 1. The summed E-state index contributed by atoms with van der Waals surface area (Å²) in [4.78, 5) is 27.8. The average molecular weight is 449 g/mol. The molecule has 1 fully saturated rings. The molecule has 1 N–H and O–H groups in total. The van der Waals surface area contributed by atoms with Gasteiger partial charge in [-0.2, -0.15) is 0 Å². The van der Waals surface area contributed by atoms with Crippen molar-refractivity contribution in [2.24, 2.45) is 0 Å². The molecule has 2 aromatic carbocycles. The van der Waals surface area contributed by atoms with Crippen LogP contribution < -0.4 is 0 Å². The highest BCUT2D eigenvalue weighted by Gasteiger charge is 2.28. The Bertz CT molecular complexity index is 836. The van der Waals surface area contributed by atoms with Crippen LogP contribution in [0.4, 0.5) is 4.39 Å². The number of carboxylic acid groups (broad SMARTS) is 1. The zero-order valence-corrected chi connectivity index (χ0v) is 16.9. The quantitative estimate of drug-likeness (QED) is 0.726. The second-order valence-corrected chi connectivity index (χ2v) is 7.75. The van der Waals surface area contributed by atoms with E-state index in [1.54, 1.807) is 18.2 Å². The van der Waals surface area contributed by atoms with Gasteiger partial charge in [-0.1, -0.05) is 34.1 Å². The fraction of sp³-hybridized carbons (Fsp3) is 0.333. The third-order valence-electron chi connectivity index (χ3n) is 5.00. The molecule has 2 aromatic rings. The Morgan fingerprint density at radius 1 is 1.07 bits per heavy atom. The van der Waals surface area contributed by atoms with Crippen LogP contribution in [0.15, 0.2) is 53.0 Å². The molecule has 28 heavy (non-hydrogen) atoms. The van der Waals surface area contributed by atoms with Crippen molar-refractivity contribution in [2.45, 2.75) is 18.9 Å². The van der Waals surface area contributed by atoms with E-state index >= 15 is 0 Å². The van der Waals surface area contributed by atoms with Crippen LogP contribution in [0.5, 0.6) is 0 Å². The summed E-state index contributed by atoms with van der Waals surface area (Å²) >= 11 is 3.39. The molecular formula is C21H22BrFN2O3. The molecule has 0 radical (unpaired) electrons. The number of piperazine rings is 1. The van der Waals surface area contributed by atoms with Gasteiger partial charge < -0.3 is 10.0 Å². The first-order chi connectivity index (χ1) is 13.4. The van der Waals surface area contributed by atoms with E-state index in [4.69, 9.17) is 5.11 Å². The van der Waals surface area contributed by atoms with Crippen molar-refractivity contribution in [3.05, 3.63) is 69.9 Å². The van der Waals surface area contributed by atoms with Crippen LogP contribution in [-0.2, 0) is 4.79 Å². The molecule has 0 aliphatic carbocycles. The molecule has 0 spiro atoms. The summed E-state index contributed by atoms with van der Waals surface area (Å²) in [7, 11) is 0. The zero-order chi connectivity index (χ0) is 20.1. The lowest BCUT2D eigenvalue weighted by Crippen LogP contribution is -2.49. The normalized spacial score (nSPS) is 16.0. The summed E-state index contributed by atoms with van der Waals surface area (Å²) in [6.07, 6.45) is 0.486. The Kier molecular flexibility index (Phi) is 6.80. The van der Waals surface area contributed by atoms with Gasteiger partial charge in [-0.15, -0.1) is 0 Å². The summed E-state index contributed by atoms with van der Waals surface area (Å²) in [5.74, 6) is -1.18. The van der Waals surface area contributed by atoms with Crippen LogP contribution in [0.3, 0.4) is 0 Å². The number of benzene rings is 2. The summed E-state index contributed by atoms with van der Waals surface area (Å²) in [6, 6.07) is 13.4. The molecule has 148 valence electrons. The zero-order valence-electron chi connectivity index (χ0n) is 15.4. The molecule has 3 rings (SSSR count). The van der Waals surface area contributed by atoms with E-state index in [1.807, 2.05) is 23.1 Å². The molecule has 0 bridgehead atoms. The average Bonchev–Trinajstić information content (AvgIpc) is 2.69. The van der Waals surface area contributed by atoms with E-state index in [-0.39, 0.29) is 24.2 Å². The van der Waals surface area contributed by atoms with Gasteiger partial charge in [-0.05, 0) is 42.3 Å². The van der Waals surface area contributed by atoms with Crippen LogP contribution in [0.1, 0.15) is 34.8 Å². The lowest BCUT2D eigenvalue weighted by atomic mass is 9.99. The van der Waals surface area contributed by atoms with Crippen molar-refractivity contribution < 1.29 is 19.1 Å². The third kappa shape index (κ3) is 5.17. The van der Waals surface area contributed by atoms with Gasteiger partial charge in [-0.3, -0.25) is 14.5 Å². The summed E-state index contributed by atoms with van der Waals surface area (Å²) in [5, 5.41) is 9.08. The molecule has 0 aromatic heterocycles. The summed E-state index contributed by atoms with van der Waals surface area (Å²) in [5.41, 5.74) is 1.54. The van der Waals surface area contributed by atoms with E-state index < -0.39 is 5.97 Å². The standard InChI is InChI=1S/C21H22BrFN2O3/c22-17-3-1-2-16(14-17)21(28)25-12-10-24(11-13-25)19(8-9-20(26)27)15-4-6-18(23)7-5-15/h1-7,14,19H,8-13H2,(H,26,27)/t19-/m1/s1. The maximum absolute atomic E-state index is 13.3. The Hall–Kier alpha value is -2.25. The minimum absolute atomic E-state index is 0.00943. The fourth-order valence-corrected chi connectivity index (χ4v) is 3.95. The topological polar surface area (TPSA) is 60.9 Å². The van der Waals surface area contributed by atoms with Gasteiger partial charge >= 0.3 is 5.97 Å². The van der Waals surface area contributed by atoms with Crippen LogP contribution in [0, 0.1) is 5.82 Å². The van der Waals surface area contributed by atoms with Crippen LogP contribution in [0.2, 0.25) is 0 Å². The van der Waals surface area contributed by atoms with Crippen molar-refractivity contribution in [2.75, 3.05) is 26.2 Å². The van der Waals surface area contributed by atoms with E-state index in [9.17, 15) is 14.0 Å². The first-order valence-corrected chi connectivity index (χ1v) is 9.99. The van der Waals surface area contributed by atoms with E-state index in [2.05, 4.69) is 20.8 Å². The van der Waals surface area contributed by atoms with Gasteiger partial charge in [0.15, 0.2) is 0 Å². The van der Waals surface area contributed by atoms with Gasteiger partial charge in [0.1, 0.15) is 5.82 Å². The third-order valence-corrected chi connectivity index (χ3v) is 5.49. The summed E-state index contributed by atoms with van der Waals surface area (Å²) in [6.45, 7) is 2.41. The van der Waals surface area contributed by atoms with Crippen LogP contribution in [0.25, 0.3) is 0 Å². The molecule has 5 nitrogen and oxygen atoms in total. The SMILES string of the molecule is O=C(O)CC[C@H](c1ccc(F)cc1)N1CCN(C(=O)c2cccc(Br)c2)CC1. The molecule has 1 saturated heterocycles. The Balaban J connectivity index is 1.68. The Morgan fingerprint density at radius 2 is 1.75 bits per heavy atom. The monoisotopic (exact) mass is 448 g/mol. The number of nitrogens with zero attached hydrogens (tertiary/aromatic N) is 2. The number of amides is 1. The predicted molar refractivity (Wildman–Crippen MR) is 108 cm³/mol. The highest BCUT2D eigenvalue weighted by molar-refractivity contribution is 9.10. The molecule has 0 unspecified atom stereocenters. The van der Waals surface area contributed by atoms with Gasteiger partial charge in [0.05, 0.1) is 0 Å².